The van der Waals surface area contributed by atoms with Gasteiger partial charge in [-0.2, -0.15) is 0 Å². The lowest BCUT2D eigenvalue weighted by atomic mass is 10.2. The summed E-state index contributed by atoms with van der Waals surface area (Å²) in [5, 5.41) is 3.77. The molecule has 96 valence electrons. The maximum atomic E-state index is 12.0. The molecule has 0 amide bonds. The zero-order valence-electron chi connectivity index (χ0n) is 10.4. The number of ether oxygens (including phenoxy) is 1. The highest BCUT2D eigenvalue weighted by Crippen LogP contribution is 2.15. The Bertz CT molecular complexity index is 551. The molecule has 1 aromatic carbocycles. The predicted octanol–water partition coefficient (Wildman–Crippen LogP) is 2.44. The van der Waals surface area contributed by atoms with Crippen molar-refractivity contribution >= 4 is 10.8 Å². The lowest BCUT2D eigenvalue weighted by Gasteiger charge is -2.03. The van der Waals surface area contributed by atoms with Crippen molar-refractivity contribution in [3.8, 4) is 5.75 Å². The van der Waals surface area contributed by atoms with Gasteiger partial charge >= 0.3 is 0 Å². The molecule has 0 aliphatic carbocycles. The average Bonchev–Trinajstić information content (AvgIpc) is 2.74. The summed E-state index contributed by atoms with van der Waals surface area (Å²) in [5.41, 5.74) is 1.80. The van der Waals surface area contributed by atoms with Crippen molar-refractivity contribution in [2.45, 2.75) is 18.4 Å². The molecular formula is C13H15NO3S. The van der Waals surface area contributed by atoms with Gasteiger partial charge in [0, 0.05) is 22.6 Å². The Labute approximate surface area is 108 Å². The lowest BCUT2D eigenvalue weighted by molar-refractivity contribution is 0.390. The number of hydrogen-bond acceptors (Lipinski definition) is 4. The molecule has 4 nitrogen and oxygen atoms in total. The number of hydrogen-bond donors (Lipinski definition) is 0. The normalized spacial score (nSPS) is 12.3. The molecule has 0 fully saturated rings. The predicted molar refractivity (Wildman–Crippen MR) is 69.8 cm³/mol. The Morgan fingerprint density at radius 2 is 2.17 bits per heavy atom. The van der Waals surface area contributed by atoms with E-state index in [4.69, 9.17) is 9.26 Å². The van der Waals surface area contributed by atoms with Gasteiger partial charge in [0.25, 0.3) is 0 Å². The van der Waals surface area contributed by atoms with Gasteiger partial charge in [-0.3, -0.25) is 4.21 Å². The van der Waals surface area contributed by atoms with Gasteiger partial charge in [-0.05, 0) is 24.6 Å². The number of aromatic nitrogens is 1. The summed E-state index contributed by atoms with van der Waals surface area (Å²) in [6.45, 7) is 1.85. The van der Waals surface area contributed by atoms with Gasteiger partial charge in [-0.15, -0.1) is 0 Å². The second kappa shape index (κ2) is 5.82. The third-order valence-corrected chi connectivity index (χ3v) is 3.70. The third-order valence-electron chi connectivity index (χ3n) is 2.44. The van der Waals surface area contributed by atoms with E-state index in [1.807, 2.05) is 37.3 Å². The summed E-state index contributed by atoms with van der Waals surface area (Å²) < 4.78 is 22.2. The highest BCUT2D eigenvalue weighted by atomic mass is 32.2. The van der Waals surface area contributed by atoms with E-state index in [2.05, 4.69) is 5.16 Å². The molecule has 0 radical (unpaired) electrons. The van der Waals surface area contributed by atoms with Crippen molar-refractivity contribution in [3.63, 3.8) is 0 Å². The molecule has 5 heteroatoms. The molecule has 0 saturated carbocycles. The minimum absolute atomic E-state index is 0.387. The summed E-state index contributed by atoms with van der Waals surface area (Å²) in [5.74, 6) is 2.31. The Morgan fingerprint density at radius 3 is 2.83 bits per heavy atom. The second-order valence-corrected chi connectivity index (χ2v) is 5.47. The van der Waals surface area contributed by atoms with E-state index in [-0.39, 0.29) is 0 Å². The van der Waals surface area contributed by atoms with E-state index >= 15 is 0 Å². The van der Waals surface area contributed by atoms with Crippen LogP contribution in [0.3, 0.4) is 0 Å². The van der Waals surface area contributed by atoms with Gasteiger partial charge in [0.1, 0.15) is 11.5 Å². The standard InChI is InChI=1S/C13H15NO3S/c1-10-6-13(17-14-10)9-18(15)8-11-4-3-5-12(7-11)16-2/h3-7H,8-9H2,1-2H3. The summed E-state index contributed by atoms with van der Waals surface area (Å²) in [4.78, 5) is 0. The van der Waals surface area contributed by atoms with Gasteiger partial charge in [-0.1, -0.05) is 17.3 Å². The van der Waals surface area contributed by atoms with Crippen molar-refractivity contribution in [1.29, 1.82) is 0 Å². The molecular weight excluding hydrogens is 250 g/mol. The zero-order valence-corrected chi connectivity index (χ0v) is 11.2. The first kappa shape index (κ1) is 12.8. The van der Waals surface area contributed by atoms with Gasteiger partial charge < -0.3 is 9.26 Å². The largest absolute Gasteiger partial charge is 0.497 e. The van der Waals surface area contributed by atoms with Crippen LogP contribution in [0.25, 0.3) is 0 Å². The Balaban J connectivity index is 1.98. The molecule has 1 unspecified atom stereocenters. The molecule has 0 spiro atoms. The van der Waals surface area contributed by atoms with Gasteiger partial charge in [-0.25, -0.2) is 0 Å². The number of aryl methyl sites for hydroxylation is 1. The molecule has 0 aliphatic heterocycles. The van der Waals surface area contributed by atoms with Crippen LogP contribution in [-0.4, -0.2) is 16.5 Å². The Morgan fingerprint density at radius 1 is 1.33 bits per heavy atom. The molecule has 1 atom stereocenters. The van der Waals surface area contributed by atoms with Crippen LogP contribution >= 0.6 is 0 Å². The maximum Gasteiger partial charge on any atom is 0.149 e. The van der Waals surface area contributed by atoms with Gasteiger partial charge in [0.15, 0.2) is 0 Å². The molecule has 1 aromatic heterocycles. The number of nitrogens with zero attached hydrogens (tertiary/aromatic N) is 1. The second-order valence-electron chi connectivity index (χ2n) is 4.01. The van der Waals surface area contributed by atoms with Crippen molar-refractivity contribution in [1.82, 2.24) is 5.16 Å². The molecule has 1 heterocycles. The van der Waals surface area contributed by atoms with E-state index in [0.717, 1.165) is 17.0 Å². The quantitative estimate of drug-likeness (QED) is 0.833. The van der Waals surface area contributed by atoms with Crippen LogP contribution in [0.2, 0.25) is 0 Å². The van der Waals surface area contributed by atoms with Crippen LogP contribution in [0.1, 0.15) is 17.0 Å². The van der Waals surface area contributed by atoms with Crippen molar-refractivity contribution < 1.29 is 13.5 Å². The fourth-order valence-electron chi connectivity index (χ4n) is 1.64. The van der Waals surface area contributed by atoms with Crippen molar-refractivity contribution in [3.05, 3.63) is 47.3 Å². The minimum atomic E-state index is -1.01. The molecule has 0 bridgehead atoms. The SMILES string of the molecule is COc1cccc(CS(=O)Cc2cc(C)no2)c1. The van der Waals surface area contributed by atoms with Gasteiger partial charge in [0.05, 0.1) is 18.6 Å². The zero-order chi connectivity index (χ0) is 13.0. The molecule has 2 aromatic rings. The van der Waals surface area contributed by atoms with Crippen molar-refractivity contribution in [2.24, 2.45) is 0 Å². The molecule has 0 N–H and O–H groups in total. The maximum absolute atomic E-state index is 12.0. The lowest BCUT2D eigenvalue weighted by Crippen LogP contribution is -1.99. The number of rotatable bonds is 5. The van der Waals surface area contributed by atoms with E-state index in [9.17, 15) is 4.21 Å². The molecule has 0 saturated heterocycles. The van der Waals surface area contributed by atoms with Crippen molar-refractivity contribution in [2.75, 3.05) is 7.11 Å². The summed E-state index contributed by atoms with van der Waals surface area (Å²) in [6.07, 6.45) is 0. The first-order chi connectivity index (χ1) is 8.67. The smallest absolute Gasteiger partial charge is 0.149 e. The summed E-state index contributed by atoms with van der Waals surface area (Å²) in [6, 6.07) is 9.40. The Kier molecular flexibility index (Phi) is 4.15. The van der Waals surface area contributed by atoms with Crippen LogP contribution in [0.4, 0.5) is 0 Å². The number of methoxy groups -OCH3 is 1. The van der Waals surface area contributed by atoms with Crippen LogP contribution in [-0.2, 0) is 22.3 Å². The van der Waals surface area contributed by atoms with E-state index < -0.39 is 10.8 Å². The highest BCUT2D eigenvalue weighted by Gasteiger charge is 2.08. The van der Waals surface area contributed by atoms with E-state index in [1.54, 1.807) is 7.11 Å². The highest BCUT2D eigenvalue weighted by molar-refractivity contribution is 7.83. The average molecular weight is 265 g/mol. The molecule has 2 rings (SSSR count). The van der Waals surface area contributed by atoms with Crippen LogP contribution in [0, 0.1) is 6.92 Å². The van der Waals surface area contributed by atoms with Crippen LogP contribution in [0.5, 0.6) is 5.75 Å². The fourth-order valence-corrected chi connectivity index (χ4v) is 2.75. The number of benzene rings is 1. The fraction of sp³-hybridized carbons (Fsp3) is 0.308. The monoisotopic (exact) mass is 265 g/mol. The first-order valence-electron chi connectivity index (χ1n) is 5.57. The van der Waals surface area contributed by atoms with E-state index in [0.29, 0.717) is 17.3 Å². The molecule has 18 heavy (non-hydrogen) atoms. The summed E-state index contributed by atoms with van der Waals surface area (Å²) >= 11 is 0. The van der Waals surface area contributed by atoms with Gasteiger partial charge in [0.2, 0.25) is 0 Å². The Hall–Kier alpha value is -1.62. The minimum Gasteiger partial charge on any atom is -0.497 e. The molecule has 0 aliphatic rings. The first-order valence-corrected chi connectivity index (χ1v) is 7.06. The topological polar surface area (TPSA) is 52.3 Å². The van der Waals surface area contributed by atoms with Crippen LogP contribution in [0.15, 0.2) is 34.9 Å². The van der Waals surface area contributed by atoms with E-state index in [1.165, 1.54) is 0 Å². The summed E-state index contributed by atoms with van der Waals surface area (Å²) in [7, 11) is 0.610. The third kappa shape index (κ3) is 3.43. The van der Waals surface area contributed by atoms with Crippen LogP contribution < -0.4 is 4.74 Å².